The predicted octanol–water partition coefficient (Wildman–Crippen LogP) is 2.28. The van der Waals surface area contributed by atoms with E-state index in [-0.39, 0.29) is 0 Å². The summed E-state index contributed by atoms with van der Waals surface area (Å²) in [7, 11) is 0. The molecule has 0 saturated heterocycles. The second-order valence-corrected chi connectivity index (χ2v) is 5.57. The van der Waals surface area contributed by atoms with Crippen LogP contribution in [0.1, 0.15) is 25.1 Å². The van der Waals surface area contributed by atoms with Crippen LogP contribution in [0.25, 0.3) is 0 Å². The van der Waals surface area contributed by atoms with Gasteiger partial charge in [0.05, 0.1) is 18.3 Å². The Labute approximate surface area is 109 Å². The molecule has 0 fully saturated rings. The molecule has 0 amide bonds. The van der Waals surface area contributed by atoms with Crippen LogP contribution in [0.5, 0.6) is 0 Å². The number of aromatic nitrogens is 3. The minimum absolute atomic E-state index is 0.446. The first kappa shape index (κ1) is 12.3. The Hall–Kier alpha value is -1.20. The highest BCUT2D eigenvalue weighted by atomic mass is 79.9. The Balaban J connectivity index is 2.14. The van der Waals surface area contributed by atoms with Gasteiger partial charge in [-0.25, -0.2) is 4.68 Å². The molecule has 0 aliphatic heterocycles. The molecule has 0 radical (unpaired) electrons. The van der Waals surface area contributed by atoms with Gasteiger partial charge in [0.2, 0.25) is 0 Å². The molecule has 0 atom stereocenters. The van der Waals surface area contributed by atoms with E-state index < -0.39 is 5.54 Å². The van der Waals surface area contributed by atoms with Crippen LogP contribution in [-0.2, 0) is 12.1 Å². The summed E-state index contributed by atoms with van der Waals surface area (Å²) < 4.78 is 2.87. The van der Waals surface area contributed by atoms with Crippen molar-refractivity contribution in [3.05, 3.63) is 46.2 Å². The Morgan fingerprint density at radius 3 is 2.47 bits per heavy atom. The molecular weight excluding hydrogens is 280 g/mol. The first-order valence-corrected chi connectivity index (χ1v) is 6.18. The van der Waals surface area contributed by atoms with Crippen molar-refractivity contribution < 1.29 is 0 Å². The largest absolute Gasteiger partial charge is 0.320 e. The topological polar surface area (TPSA) is 56.7 Å². The molecule has 2 N–H and O–H groups in total. The molecule has 1 heterocycles. The van der Waals surface area contributed by atoms with Crippen molar-refractivity contribution >= 4 is 15.9 Å². The summed E-state index contributed by atoms with van der Waals surface area (Å²) in [6.45, 7) is 4.54. The van der Waals surface area contributed by atoms with Crippen molar-refractivity contribution in [1.29, 1.82) is 0 Å². The maximum Gasteiger partial charge on any atom is 0.102 e. The Morgan fingerprint density at radius 2 is 1.94 bits per heavy atom. The lowest BCUT2D eigenvalue weighted by Gasteiger charge is -2.13. The second-order valence-electron chi connectivity index (χ2n) is 4.65. The number of hydrogen-bond donors (Lipinski definition) is 1. The Bertz CT molecular complexity index is 496. The van der Waals surface area contributed by atoms with Crippen molar-refractivity contribution in [2.45, 2.75) is 25.9 Å². The molecule has 2 aromatic rings. The molecule has 4 nitrogen and oxygen atoms in total. The van der Waals surface area contributed by atoms with Crippen LogP contribution in [0.4, 0.5) is 0 Å². The maximum absolute atomic E-state index is 5.96. The average molecular weight is 295 g/mol. The molecule has 1 aromatic heterocycles. The third-order valence-corrected chi connectivity index (χ3v) is 2.99. The molecule has 90 valence electrons. The molecule has 0 spiro atoms. The third-order valence-electron chi connectivity index (χ3n) is 2.46. The SMILES string of the molecule is CC(C)(N)c1cn(Cc2ccc(Br)cc2)nn1. The molecule has 5 heteroatoms. The monoisotopic (exact) mass is 294 g/mol. The van der Waals surface area contributed by atoms with Gasteiger partial charge < -0.3 is 5.73 Å². The fourth-order valence-corrected chi connectivity index (χ4v) is 1.71. The highest BCUT2D eigenvalue weighted by Gasteiger charge is 2.18. The van der Waals surface area contributed by atoms with E-state index >= 15 is 0 Å². The van der Waals surface area contributed by atoms with Gasteiger partial charge in [-0.1, -0.05) is 33.3 Å². The summed E-state index contributed by atoms with van der Waals surface area (Å²) in [6, 6.07) is 8.14. The van der Waals surface area contributed by atoms with Gasteiger partial charge in [0.1, 0.15) is 5.69 Å². The van der Waals surface area contributed by atoms with Crippen molar-refractivity contribution in [3.63, 3.8) is 0 Å². The molecular formula is C12H15BrN4. The molecule has 1 aromatic carbocycles. The number of rotatable bonds is 3. The molecule has 0 bridgehead atoms. The van der Waals surface area contributed by atoms with Gasteiger partial charge in [-0.05, 0) is 31.5 Å². The maximum atomic E-state index is 5.96. The van der Waals surface area contributed by atoms with Crippen LogP contribution in [-0.4, -0.2) is 15.0 Å². The highest BCUT2D eigenvalue weighted by molar-refractivity contribution is 9.10. The molecule has 0 aliphatic rings. The summed E-state index contributed by atoms with van der Waals surface area (Å²) in [5, 5.41) is 8.16. The first-order valence-electron chi connectivity index (χ1n) is 5.39. The summed E-state index contributed by atoms with van der Waals surface area (Å²) in [5.41, 5.74) is 7.50. The van der Waals surface area contributed by atoms with Gasteiger partial charge in [0.15, 0.2) is 0 Å². The number of benzene rings is 1. The van der Waals surface area contributed by atoms with E-state index in [0.717, 1.165) is 10.2 Å². The van der Waals surface area contributed by atoms with Gasteiger partial charge in [-0.2, -0.15) is 0 Å². The fraction of sp³-hybridized carbons (Fsp3) is 0.333. The van der Waals surface area contributed by atoms with Gasteiger partial charge in [0.25, 0.3) is 0 Å². The van der Waals surface area contributed by atoms with E-state index in [9.17, 15) is 0 Å². The lowest BCUT2D eigenvalue weighted by molar-refractivity contribution is 0.533. The van der Waals surface area contributed by atoms with E-state index in [2.05, 4.69) is 38.4 Å². The molecule has 0 unspecified atom stereocenters. The lowest BCUT2D eigenvalue weighted by atomic mass is 10.0. The summed E-state index contributed by atoms with van der Waals surface area (Å²) >= 11 is 3.41. The predicted molar refractivity (Wildman–Crippen MR) is 70.5 cm³/mol. The zero-order chi connectivity index (χ0) is 12.5. The molecule has 17 heavy (non-hydrogen) atoms. The number of nitrogens with zero attached hydrogens (tertiary/aromatic N) is 3. The van der Waals surface area contributed by atoms with Gasteiger partial charge >= 0.3 is 0 Å². The Kier molecular flexibility index (Phi) is 3.31. The van der Waals surface area contributed by atoms with E-state index in [1.54, 1.807) is 4.68 Å². The highest BCUT2D eigenvalue weighted by Crippen LogP contribution is 2.14. The number of hydrogen-bond acceptors (Lipinski definition) is 3. The smallest absolute Gasteiger partial charge is 0.102 e. The quantitative estimate of drug-likeness (QED) is 0.945. The third kappa shape index (κ3) is 3.14. The second kappa shape index (κ2) is 4.58. The van der Waals surface area contributed by atoms with Crippen molar-refractivity contribution in [2.75, 3.05) is 0 Å². The normalized spacial score (nSPS) is 11.8. The molecule has 2 rings (SSSR count). The summed E-state index contributed by atoms with van der Waals surface area (Å²) in [6.07, 6.45) is 1.89. The first-order chi connectivity index (χ1) is 7.95. The van der Waals surface area contributed by atoms with Crippen molar-refractivity contribution in [1.82, 2.24) is 15.0 Å². The summed E-state index contributed by atoms with van der Waals surface area (Å²) in [4.78, 5) is 0. The number of nitrogens with two attached hydrogens (primary N) is 1. The van der Waals surface area contributed by atoms with Crippen LogP contribution < -0.4 is 5.73 Å². The van der Waals surface area contributed by atoms with Crippen LogP contribution in [0, 0.1) is 0 Å². The minimum Gasteiger partial charge on any atom is -0.320 e. The Morgan fingerprint density at radius 1 is 1.29 bits per heavy atom. The van der Waals surface area contributed by atoms with E-state index in [1.807, 2.05) is 32.2 Å². The zero-order valence-electron chi connectivity index (χ0n) is 9.89. The van der Waals surface area contributed by atoms with E-state index in [1.165, 1.54) is 5.56 Å². The zero-order valence-corrected chi connectivity index (χ0v) is 11.5. The van der Waals surface area contributed by atoms with Crippen molar-refractivity contribution in [2.24, 2.45) is 5.73 Å². The fourth-order valence-electron chi connectivity index (χ4n) is 1.45. The van der Waals surface area contributed by atoms with E-state index in [4.69, 9.17) is 5.73 Å². The standard InChI is InChI=1S/C12H15BrN4/c1-12(2,14)11-8-17(16-15-11)7-9-3-5-10(13)6-4-9/h3-6,8H,7,14H2,1-2H3. The van der Waals surface area contributed by atoms with Gasteiger partial charge in [-0.3, -0.25) is 0 Å². The molecule has 0 saturated carbocycles. The van der Waals surface area contributed by atoms with Crippen LogP contribution in [0.2, 0.25) is 0 Å². The van der Waals surface area contributed by atoms with E-state index in [0.29, 0.717) is 6.54 Å². The van der Waals surface area contributed by atoms with Crippen LogP contribution in [0.15, 0.2) is 34.9 Å². The minimum atomic E-state index is -0.446. The lowest BCUT2D eigenvalue weighted by Crippen LogP contribution is -2.29. The van der Waals surface area contributed by atoms with Crippen molar-refractivity contribution in [3.8, 4) is 0 Å². The van der Waals surface area contributed by atoms with Crippen LogP contribution >= 0.6 is 15.9 Å². The summed E-state index contributed by atoms with van der Waals surface area (Å²) in [5.74, 6) is 0. The van der Waals surface area contributed by atoms with Gasteiger partial charge in [0, 0.05) is 4.47 Å². The number of halogens is 1. The van der Waals surface area contributed by atoms with Gasteiger partial charge in [-0.15, -0.1) is 5.10 Å². The average Bonchev–Trinajstić information content (AvgIpc) is 2.69. The van der Waals surface area contributed by atoms with Crippen LogP contribution in [0.3, 0.4) is 0 Å². The molecule has 0 aliphatic carbocycles.